The van der Waals surface area contributed by atoms with Crippen molar-refractivity contribution in [2.45, 2.75) is 20.3 Å². The van der Waals surface area contributed by atoms with Gasteiger partial charge in [-0.15, -0.1) is 11.3 Å². The van der Waals surface area contributed by atoms with E-state index in [1.807, 2.05) is 60.8 Å². The summed E-state index contributed by atoms with van der Waals surface area (Å²) in [5, 5.41) is 5.32. The van der Waals surface area contributed by atoms with Gasteiger partial charge in [0, 0.05) is 17.0 Å². The Morgan fingerprint density at radius 3 is 2.59 bits per heavy atom. The van der Waals surface area contributed by atoms with Crippen LogP contribution in [0.4, 0.5) is 5.13 Å². The zero-order valence-corrected chi connectivity index (χ0v) is 16.3. The van der Waals surface area contributed by atoms with Crippen molar-refractivity contribution in [3.8, 4) is 17.0 Å². The van der Waals surface area contributed by atoms with E-state index in [9.17, 15) is 4.79 Å². The summed E-state index contributed by atoms with van der Waals surface area (Å²) in [6.07, 6.45) is 4.29. The number of benzene rings is 2. The van der Waals surface area contributed by atoms with E-state index in [0.717, 1.165) is 29.0 Å². The second-order valence-corrected chi connectivity index (χ2v) is 7.00. The van der Waals surface area contributed by atoms with Crippen molar-refractivity contribution in [3.63, 3.8) is 0 Å². The van der Waals surface area contributed by atoms with Gasteiger partial charge in [-0.1, -0.05) is 36.8 Å². The van der Waals surface area contributed by atoms with Crippen LogP contribution in [0.5, 0.6) is 5.75 Å². The third-order valence-electron chi connectivity index (χ3n) is 3.86. The molecular weight excluding hydrogens is 356 g/mol. The minimum absolute atomic E-state index is 0.195. The van der Waals surface area contributed by atoms with Gasteiger partial charge in [-0.2, -0.15) is 0 Å². The predicted molar refractivity (Wildman–Crippen MR) is 112 cm³/mol. The van der Waals surface area contributed by atoms with Crippen molar-refractivity contribution >= 4 is 28.5 Å². The predicted octanol–water partition coefficient (Wildman–Crippen LogP) is 5.56. The fraction of sp³-hybridized carbons (Fsp3) is 0.182. The quantitative estimate of drug-likeness (QED) is 0.548. The van der Waals surface area contributed by atoms with E-state index in [4.69, 9.17) is 4.74 Å². The lowest BCUT2D eigenvalue weighted by Crippen LogP contribution is -2.07. The zero-order valence-electron chi connectivity index (χ0n) is 15.4. The molecule has 0 bridgehead atoms. The molecule has 0 atom stereocenters. The minimum atomic E-state index is -0.195. The summed E-state index contributed by atoms with van der Waals surface area (Å²) in [6, 6.07) is 15.8. The molecule has 0 radical (unpaired) electrons. The fourth-order valence-corrected chi connectivity index (χ4v) is 3.12. The summed E-state index contributed by atoms with van der Waals surface area (Å²) in [5.41, 5.74) is 4.00. The van der Waals surface area contributed by atoms with Gasteiger partial charge in [0.25, 0.3) is 0 Å². The molecule has 4 nitrogen and oxygen atoms in total. The van der Waals surface area contributed by atoms with Crippen LogP contribution in [-0.4, -0.2) is 17.5 Å². The molecule has 0 spiro atoms. The van der Waals surface area contributed by atoms with Crippen LogP contribution in [0.25, 0.3) is 17.3 Å². The van der Waals surface area contributed by atoms with Crippen LogP contribution in [0.15, 0.2) is 60.0 Å². The van der Waals surface area contributed by atoms with Gasteiger partial charge in [0.2, 0.25) is 5.91 Å². The number of carbonyl (C=O) groups is 1. The highest BCUT2D eigenvalue weighted by atomic mass is 32.1. The number of nitrogens with zero attached hydrogens (tertiary/aromatic N) is 1. The highest BCUT2D eigenvalue weighted by molar-refractivity contribution is 7.14. The van der Waals surface area contributed by atoms with Crippen LogP contribution < -0.4 is 10.1 Å². The van der Waals surface area contributed by atoms with E-state index < -0.39 is 0 Å². The Hall–Kier alpha value is -2.92. The van der Waals surface area contributed by atoms with Gasteiger partial charge in [0.1, 0.15) is 5.75 Å². The van der Waals surface area contributed by atoms with Crippen molar-refractivity contribution in [1.29, 1.82) is 0 Å². The highest BCUT2D eigenvalue weighted by Crippen LogP contribution is 2.26. The van der Waals surface area contributed by atoms with Crippen LogP contribution in [-0.2, 0) is 4.79 Å². The van der Waals surface area contributed by atoms with E-state index in [0.29, 0.717) is 11.7 Å². The van der Waals surface area contributed by atoms with Gasteiger partial charge < -0.3 is 4.74 Å². The minimum Gasteiger partial charge on any atom is -0.494 e. The molecule has 1 N–H and O–H groups in total. The molecule has 0 aliphatic carbocycles. The lowest BCUT2D eigenvalue weighted by Gasteiger charge is -2.04. The molecule has 0 aliphatic rings. The number of aryl methyl sites for hydroxylation is 1. The SMILES string of the molecule is CCCOc1ccc(-c2csc(NC(=O)/C=C/c3ccc(C)cc3)n2)cc1. The number of thiazole rings is 1. The molecule has 3 rings (SSSR count). The molecule has 27 heavy (non-hydrogen) atoms. The summed E-state index contributed by atoms with van der Waals surface area (Å²) in [7, 11) is 0. The lowest BCUT2D eigenvalue weighted by molar-refractivity contribution is -0.111. The molecule has 0 fully saturated rings. The molecule has 1 amide bonds. The summed E-state index contributed by atoms with van der Waals surface area (Å²) < 4.78 is 5.59. The molecule has 0 saturated carbocycles. The summed E-state index contributed by atoms with van der Waals surface area (Å²) in [5.74, 6) is 0.658. The molecule has 0 saturated heterocycles. The van der Waals surface area contributed by atoms with Crippen molar-refractivity contribution < 1.29 is 9.53 Å². The van der Waals surface area contributed by atoms with Gasteiger partial charge in [0.05, 0.1) is 12.3 Å². The summed E-state index contributed by atoms with van der Waals surface area (Å²) in [4.78, 5) is 16.6. The lowest BCUT2D eigenvalue weighted by atomic mass is 10.1. The van der Waals surface area contributed by atoms with Gasteiger partial charge >= 0.3 is 0 Å². The first-order chi connectivity index (χ1) is 13.1. The maximum atomic E-state index is 12.1. The van der Waals surface area contributed by atoms with Gasteiger partial charge in [-0.05, 0) is 49.2 Å². The zero-order chi connectivity index (χ0) is 19.1. The summed E-state index contributed by atoms with van der Waals surface area (Å²) in [6.45, 7) is 4.82. The number of carbonyl (C=O) groups excluding carboxylic acids is 1. The highest BCUT2D eigenvalue weighted by Gasteiger charge is 2.07. The van der Waals surface area contributed by atoms with E-state index in [1.54, 1.807) is 6.08 Å². The second-order valence-electron chi connectivity index (χ2n) is 6.14. The van der Waals surface area contributed by atoms with Crippen LogP contribution >= 0.6 is 11.3 Å². The average Bonchev–Trinajstić information content (AvgIpc) is 3.14. The second kappa shape index (κ2) is 9.14. The molecule has 1 heterocycles. The first-order valence-corrected chi connectivity index (χ1v) is 9.76. The van der Waals surface area contributed by atoms with Crippen LogP contribution in [0.3, 0.4) is 0 Å². The molecule has 5 heteroatoms. The Bertz CT molecular complexity index is 912. The van der Waals surface area contributed by atoms with Crippen molar-refractivity contribution in [1.82, 2.24) is 4.98 Å². The van der Waals surface area contributed by atoms with E-state index in [2.05, 4.69) is 17.2 Å². The molecule has 0 unspecified atom stereocenters. The Kier molecular flexibility index (Phi) is 6.39. The Balaban J connectivity index is 1.60. The number of rotatable bonds is 7. The Labute approximate surface area is 163 Å². The molecule has 3 aromatic rings. The first-order valence-electron chi connectivity index (χ1n) is 8.88. The van der Waals surface area contributed by atoms with Gasteiger partial charge in [-0.25, -0.2) is 4.98 Å². The van der Waals surface area contributed by atoms with Crippen LogP contribution in [0, 0.1) is 6.92 Å². The van der Waals surface area contributed by atoms with Crippen LogP contribution in [0.1, 0.15) is 24.5 Å². The van der Waals surface area contributed by atoms with E-state index >= 15 is 0 Å². The monoisotopic (exact) mass is 378 g/mol. The molecular formula is C22H22N2O2S. The number of nitrogens with one attached hydrogen (secondary N) is 1. The molecule has 138 valence electrons. The van der Waals surface area contributed by atoms with E-state index in [1.165, 1.54) is 23.0 Å². The van der Waals surface area contributed by atoms with Gasteiger partial charge in [-0.3, -0.25) is 10.1 Å². The third-order valence-corrected chi connectivity index (χ3v) is 4.62. The third kappa shape index (κ3) is 5.53. The number of anilines is 1. The average molecular weight is 378 g/mol. The Morgan fingerprint density at radius 2 is 1.89 bits per heavy atom. The molecule has 1 aromatic heterocycles. The first kappa shape index (κ1) is 18.9. The van der Waals surface area contributed by atoms with Crippen molar-refractivity contribution in [2.24, 2.45) is 0 Å². The largest absolute Gasteiger partial charge is 0.494 e. The molecule has 2 aromatic carbocycles. The topological polar surface area (TPSA) is 51.2 Å². The van der Waals surface area contributed by atoms with Gasteiger partial charge in [0.15, 0.2) is 5.13 Å². The Morgan fingerprint density at radius 1 is 1.15 bits per heavy atom. The van der Waals surface area contributed by atoms with Crippen LogP contribution in [0.2, 0.25) is 0 Å². The van der Waals surface area contributed by atoms with Crippen molar-refractivity contribution in [2.75, 3.05) is 11.9 Å². The standard InChI is InChI=1S/C22H22N2O2S/c1-3-14-26-19-11-9-18(10-12-19)20-15-27-22(23-20)24-21(25)13-8-17-6-4-16(2)5-7-17/h4-13,15H,3,14H2,1-2H3,(H,23,24,25)/b13-8+. The van der Waals surface area contributed by atoms with Crippen molar-refractivity contribution in [3.05, 3.63) is 71.1 Å². The maximum absolute atomic E-state index is 12.1. The number of ether oxygens (including phenoxy) is 1. The normalized spacial score (nSPS) is 10.9. The number of aromatic nitrogens is 1. The van der Waals surface area contributed by atoms with E-state index in [-0.39, 0.29) is 5.91 Å². The number of hydrogen-bond donors (Lipinski definition) is 1. The molecule has 0 aliphatic heterocycles. The number of hydrogen-bond acceptors (Lipinski definition) is 4. The fourth-order valence-electron chi connectivity index (χ4n) is 2.40. The smallest absolute Gasteiger partial charge is 0.250 e. The summed E-state index contributed by atoms with van der Waals surface area (Å²) >= 11 is 1.41. The maximum Gasteiger partial charge on any atom is 0.250 e. The number of amides is 1.